The van der Waals surface area contributed by atoms with Crippen molar-refractivity contribution < 1.29 is 9.59 Å². The van der Waals surface area contributed by atoms with Crippen molar-refractivity contribution in [1.29, 1.82) is 0 Å². The van der Waals surface area contributed by atoms with E-state index >= 15 is 0 Å². The zero-order valence-corrected chi connectivity index (χ0v) is 18.7. The van der Waals surface area contributed by atoms with Crippen LogP contribution in [0.3, 0.4) is 0 Å². The van der Waals surface area contributed by atoms with Gasteiger partial charge in [-0.2, -0.15) is 0 Å². The number of amides is 2. The van der Waals surface area contributed by atoms with E-state index < -0.39 is 0 Å². The van der Waals surface area contributed by atoms with E-state index in [1.807, 2.05) is 11.9 Å². The van der Waals surface area contributed by atoms with Gasteiger partial charge in [0.15, 0.2) is 0 Å². The SMILES string of the molecule is Cc1ccccc1CCN1CCC[C@@H](CN(C)C(=O)CN2CCC(C(N)=O)CC2)C1. The number of benzene rings is 1. The van der Waals surface area contributed by atoms with Gasteiger partial charge in [0.25, 0.3) is 0 Å². The molecule has 0 aliphatic carbocycles. The van der Waals surface area contributed by atoms with Crippen molar-refractivity contribution >= 4 is 11.8 Å². The predicted octanol–water partition coefficient (Wildman–Crippen LogP) is 1.91. The van der Waals surface area contributed by atoms with Gasteiger partial charge in [0.2, 0.25) is 11.8 Å². The van der Waals surface area contributed by atoms with Gasteiger partial charge in [-0.25, -0.2) is 0 Å². The average Bonchev–Trinajstić information content (AvgIpc) is 2.74. The van der Waals surface area contributed by atoms with Crippen LogP contribution >= 0.6 is 0 Å². The highest BCUT2D eigenvalue weighted by atomic mass is 16.2. The quantitative estimate of drug-likeness (QED) is 0.705. The summed E-state index contributed by atoms with van der Waals surface area (Å²) in [4.78, 5) is 30.7. The van der Waals surface area contributed by atoms with Crippen molar-refractivity contribution in [2.45, 2.75) is 39.0 Å². The molecular weight excluding hydrogens is 376 g/mol. The fraction of sp³-hybridized carbons (Fsp3) is 0.667. The third-order valence-electron chi connectivity index (χ3n) is 6.87. The Labute approximate surface area is 181 Å². The lowest BCUT2D eigenvalue weighted by Crippen LogP contribution is -2.46. The number of piperidine rings is 2. The van der Waals surface area contributed by atoms with Gasteiger partial charge in [0, 0.05) is 32.6 Å². The van der Waals surface area contributed by atoms with Crippen LogP contribution in [-0.2, 0) is 16.0 Å². The number of nitrogens with two attached hydrogens (primary N) is 1. The molecule has 2 saturated heterocycles. The minimum atomic E-state index is -0.206. The summed E-state index contributed by atoms with van der Waals surface area (Å²) >= 11 is 0. The monoisotopic (exact) mass is 414 g/mol. The molecular formula is C24H38N4O2. The normalized spacial score (nSPS) is 21.5. The number of rotatable bonds is 8. The Morgan fingerprint density at radius 3 is 2.53 bits per heavy atom. The van der Waals surface area contributed by atoms with Crippen LogP contribution in [-0.4, -0.2) is 79.4 Å². The second kappa shape index (κ2) is 10.9. The van der Waals surface area contributed by atoms with Gasteiger partial charge < -0.3 is 15.5 Å². The van der Waals surface area contributed by atoms with Crippen LogP contribution in [0.4, 0.5) is 0 Å². The number of hydrogen-bond acceptors (Lipinski definition) is 4. The third-order valence-corrected chi connectivity index (χ3v) is 6.87. The van der Waals surface area contributed by atoms with Gasteiger partial charge in [-0.1, -0.05) is 24.3 Å². The zero-order valence-electron chi connectivity index (χ0n) is 18.7. The molecule has 1 aromatic rings. The molecule has 0 saturated carbocycles. The number of hydrogen-bond donors (Lipinski definition) is 1. The Bertz CT molecular complexity index is 715. The maximum atomic E-state index is 12.7. The first-order valence-corrected chi connectivity index (χ1v) is 11.4. The highest BCUT2D eigenvalue weighted by molar-refractivity contribution is 5.78. The van der Waals surface area contributed by atoms with Gasteiger partial charge in [0.05, 0.1) is 6.54 Å². The highest BCUT2D eigenvalue weighted by Gasteiger charge is 2.26. The summed E-state index contributed by atoms with van der Waals surface area (Å²) in [7, 11) is 1.94. The molecule has 166 valence electrons. The number of nitrogens with zero attached hydrogens (tertiary/aromatic N) is 3. The summed E-state index contributed by atoms with van der Waals surface area (Å²) in [6.07, 6.45) is 5.04. The molecule has 2 aliphatic heterocycles. The number of likely N-dealkylation sites (N-methyl/N-ethyl adjacent to an activating group) is 1. The summed E-state index contributed by atoms with van der Waals surface area (Å²) in [6, 6.07) is 8.64. The second-order valence-electron chi connectivity index (χ2n) is 9.21. The Balaban J connectivity index is 1.40. The molecule has 6 nitrogen and oxygen atoms in total. The van der Waals surface area contributed by atoms with E-state index in [-0.39, 0.29) is 17.7 Å². The van der Waals surface area contributed by atoms with E-state index in [1.54, 1.807) is 0 Å². The van der Waals surface area contributed by atoms with Crippen LogP contribution in [0.25, 0.3) is 0 Å². The fourth-order valence-corrected chi connectivity index (χ4v) is 4.85. The van der Waals surface area contributed by atoms with Crippen molar-refractivity contribution in [3.63, 3.8) is 0 Å². The third kappa shape index (κ3) is 6.54. The second-order valence-corrected chi connectivity index (χ2v) is 9.21. The minimum absolute atomic E-state index is 0.0259. The molecule has 2 N–H and O–H groups in total. The highest BCUT2D eigenvalue weighted by Crippen LogP contribution is 2.20. The Hall–Kier alpha value is -1.92. The lowest BCUT2D eigenvalue weighted by molar-refractivity contribution is -0.132. The lowest BCUT2D eigenvalue weighted by Gasteiger charge is -2.36. The van der Waals surface area contributed by atoms with Gasteiger partial charge in [-0.05, 0) is 75.7 Å². The summed E-state index contributed by atoms with van der Waals surface area (Å²) in [5, 5.41) is 0. The number of primary amides is 1. The average molecular weight is 415 g/mol. The summed E-state index contributed by atoms with van der Waals surface area (Å²) in [5.74, 6) is 0.499. The molecule has 2 heterocycles. The lowest BCUT2D eigenvalue weighted by atomic mass is 9.96. The Morgan fingerprint density at radius 1 is 1.10 bits per heavy atom. The maximum absolute atomic E-state index is 12.7. The largest absolute Gasteiger partial charge is 0.369 e. The number of aryl methyl sites for hydroxylation is 1. The van der Waals surface area contributed by atoms with Crippen LogP contribution in [0.15, 0.2) is 24.3 Å². The molecule has 0 radical (unpaired) electrons. The van der Waals surface area contributed by atoms with E-state index in [0.29, 0.717) is 12.5 Å². The molecule has 3 rings (SSSR count). The molecule has 0 unspecified atom stereocenters. The first-order valence-electron chi connectivity index (χ1n) is 11.4. The summed E-state index contributed by atoms with van der Waals surface area (Å²) in [5.41, 5.74) is 8.21. The molecule has 30 heavy (non-hydrogen) atoms. The van der Waals surface area contributed by atoms with E-state index in [2.05, 4.69) is 41.0 Å². The fourth-order valence-electron chi connectivity index (χ4n) is 4.85. The molecule has 0 bridgehead atoms. The molecule has 0 aromatic heterocycles. The standard InChI is InChI=1S/C24H38N4O2/c1-19-6-3-4-8-21(19)9-13-27-12-5-7-20(17-27)16-26(2)23(29)18-28-14-10-22(11-15-28)24(25)30/h3-4,6,8,20,22H,5,7,9-18H2,1-2H3,(H2,25,30)/t20-/m0/s1. The van der Waals surface area contributed by atoms with Gasteiger partial charge in [0.1, 0.15) is 0 Å². The van der Waals surface area contributed by atoms with Crippen molar-refractivity contribution in [2.75, 3.05) is 52.9 Å². The molecule has 1 aromatic carbocycles. The Morgan fingerprint density at radius 2 is 1.83 bits per heavy atom. The van der Waals surface area contributed by atoms with E-state index in [0.717, 1.165) is 58.5 Å². The van der Waals surface area contributed by atoms with Gasteiger partial charge >= 0.3 is 0 Å². The van der Waals surface area contributed by atoms with Crippen molar-refractivity contribution in [3.05, 3.63) is 35.4 Å². The number of carbonyl (C=O) groups excluding carboxylic acids is 2. The van der Waals surface area contributed by atoms with Gasteiger partial charge in [-0.15, -0.1) is 0 Å². The number of likely N-dealkylation sites (tertiary alicyclic amines) is 2. The minimum Gasteiger partial charge on any atom is -0.369 e. The molecule has 2 amide bonds. The first-order chi connectivity index (χ1) is 14.4. The molecule has 6 heteroatoms. The molecule has 1 atom stereocenters. The predicted molar refractivity (Wildman–Crippen MR) is 120 cm³/mol. The van der Waals surface area contributed by atoms with Crippen molar-refractivity contribution in [3.8, 4) is 0 Å². The number of carbonyl (C=O) groups is 2. The molecule has 0 spiro atoms. The van der Waals surface area contributed by atoms with Crippen LogP contribution in [0, 0.1) is 18.8 Å². The van der Waals surface area contributed by atoms with Crippen LogP contribution in [0.5, 0.6) is 0 Å². The van der Waals surface area contributed by atoms with Crippen LogP contribution in [0.2, 0.25) is 0 Å². The van der Waals surface area contributed by atoms with E-state index in [4.69, 9.17) is 5.73 Å². The van der Waals surface area contributed by atoms with E-state index in [9.17, 15) is 9.59 Å². The van der Waals surface area contributed by atoms with Gasteiger partial charge in [-0.3, -0.25) is 14.5 Å². The summed E-state index contributed by atoms with van der Waals surface area (Å²) < 4.78 is 0. The van der Waals surface area contributed by atoms with E-state index in [1.165, 1.54) is 24.0 Å². The van der Waals surface area contributed by atoms with Crippen LogP contribution < -0.4 is 5.73 Å². The topological polar surface area (TPSA) is 69.9 Å². The molecule has 2 fully saturated rings. The van der Waals surface area contributed by atoms with Crippen LogP contribution in [0.1, 0.15) is 36.8 Å². The first kappa shape index (κ1) is 22.8. The maximum Gasteiger partial charge on any atom is 0.236 e. The molecule has 2 aliphatic rings. The Kier molecular flexibility index (Phi) is 8.28. The smallest absolute Gasteiger partial charge is 0.236 e. The van der Waals surface area contributed by atoms with Crippen molar-refractivity contribution in [2.24, 2.45) is 17.6 Å². The summed E-state index contributed by atoms with van der Waals surface area (Å²) in [6.45, 7) is 8.36. The zero-order chi connectivity index (χ0) is 21.5. The van der Waals surface area contributed by atoms with Crippen molar-refractivity contribution in [1.82, 2.24) is 14.7 Å².